The maximum Gasteiger partial charge on any atom is 0.146 e. The molecule has 0 spiro atoms. The Morgan fingerprint density at radius 2 is 1.87 bits per heavy atom. The first-order chi connectivity index (χ1) is 10.9. The molecule has 0 saturated heterocycles. The fourth-order valence-corrected chi connectivity index (χ4v) is 7.60. The predicted octanol–water partition coefficient (Wildman–Crippen LogP) is 2.44. The predicted molar refractivity (Wildman–Crippen MR) is 91.9 cm³/mol. The third-order valence-corrected chi connectivity index (χ3v) is 8.95. The Morgan fingerprint density at radius 3 is 2.61 bits per heavy atom. The van der Waals surface area contributed by atoms with E-state index >= 15 is 0 Å². The summed E-state index contributed by atoms with van der Waals surface area (Å²) in [5.74, 6) is 2.46. The Balaban J connectivity index is 1.74. The highest BCUT2D eigenvalue weighted by Crippen LogP contribution is 2.64. The van der Waals surface area contributed by atoms with Crippen LogP contribution < -0.4 is 0 Å². The first kappa shape index (κ1) is 16.0. The Kier molecular flexibility index (Phi) is 3.66. The van der Waals surface area contributed by atoms with Gasteiger partial charge in [0.2, 0.25) is 0 Å². The van der Waals surface area contributed by atoms with Gasteiger partial charge in [0.15, 0.2) is 0 Å². The molecule has 0 aromatic carbocycles. The minimum absolute atomic E-state index is 0.0866. The third-order valence-electron chi connectivity index (χ3n) is 8.34. The molecule has 0 bridgehead atoms. The molecular weight excluding hydrogens is 304 g/mol. The number of hydrogen-bond acceptors (Lipinski definition) is 3. The van der Waals surface area contributed by atoms with Gasteiger partial charge >= 0.3 is 0 Å². The molecular formula is C19H30O3Si. The van der Waals surface area contributed by atoms with Gasteiger partial charge < -0.3 is 4.43 Å². The van der Waals surface area contributed by atoms with E-state index in [2.05, 4.69) is 13.8 Å². The number of carbonyl (C=O) groups is 2. The van der Waals surface area contributed by atoms with E-state index in [1.807, 2.05) is 0 Å². The molecule has 4 heteroatoms. The number of fused-ring (bicyclic) bond motifs is 5. The highest BCUT2D eigenvalue weighted by Gasteiger charge is 2.64. The van der Waals surface area contributed by atoms with Crippen molar-refractivity contribution < 1.29 is 14.0 Å². The minimum Gasteiger partial charge on any atom is -0.424 e. The number of Topliss-reactive ketones (excluding diaryl/α,β-unsaturated/α-hetero) is 2. The second-order valence-corrected chi connectivity index (χ2v) is 9.60. The summed E-state index contributed by atoms with van der Waals surface area (Å²) in [5.41, 5.74) is -0.0463. The molecule has 0 aromatic rings. The second kappa shape index (κ2) is 5.25. The zero-order valence-corrected chi connectivity index (χ0v) is 16.8. The molecule has 0 amide bonds. The van der Waals surface area contributed by atoms with E-state index in [-0.39, 0.29) is 28.8 Å². The van der Waals surface area contributed by atoms with Gasteiger partial charge in [-0.05, 0) is 42.9 Å². The van der Waals surface area contributed by atoms with Gasteiger partial charge in [-0.15, -0.1) is 0 Å². The van der Waals surface area contributed by atoms with Crippen LogP contribution in [-0.2, 0) is 14.0 Å². The van der Waals surface area contributed by atoms with Crippen molar-refractivity contribution in [3.63, 3.8) is 0 Å². The van der Waals surface area contributed by atoms with Crippen molar-refractivity contribution in [1.29, 1.82) is 0 Å². The van der Waals surface area contributed by atoms with Crippen LogP contribution in [0.5, 0.6) is 0 Å². The molecule has 4 fully saturated rings. The quantitative estimate of drug-likeness (QED) is 0.692. The molecule has 4 rings (SSSR count). The summed E-state index contributed by atoms with van der Waals surface area (Å²) in [6.45, 7) is 4.55. The standard InChI is InChI=1S/C19H30O3Si/c1-18-7-4-3-5-13(18)14(20)9-11-12(18)6-8-19(2)16(21)10-15(22-23)17(11)19/h11-13,15,17H,3-10H2,1-2,23H3/t11-,12+,13-,15?,17-,18-,19-/m1/s1. The molecule has 0 N–H and O–H groups in total. The van der Waals surface area contributed by atoms with Crippen LogP contribution in [0.2, 0.25) is 0 Å². The van der Waals surface area contributed by atoms with Gasteiger partial charge in [0, 0.05) is 30.1 Å². The first-order valence-corrected chi connectivity index (χ1v) is 10.3. The van der Waals surface area contributed by atoms with Gasteiger partial charge in [0.1, 0.15) is 22.1 Å². The van der Waals surface area contributed by atoms with Crippen LogP contribution in [0, 0.1) is 34.5 Å². The minimum atomic E-state index is -0.228. The van der Waals surface area contributed by atoms with Crippen LogP contribution >= 0.6 is 0 Å². The zero-order chi connectivity index (χ0) is 16.4. The molecule has 3 nitrogen and oxygen atoms in total. The van der Waals surface area contributed by atoms with Crippen LogP contribution in [-0.4, -0.2) is 28.2 Å². The summed E-state index contributed by atoms with van der Waals surface area (Å²) < 4.78 is 5.88. The number of rotatable bonds is 1. The van der Waals surface area contributed by atoms with Crippen LogP contribution in [0.25, 0.3) is 0 Å². The average molecular weight is 335 g/mol. The Morgan fingerprint density at radius 1 is 1.09 bits per heavy atom. The molecule has 0 aromatic heterocycles. The van der Waals surface area contributed by atoms with Gasteiger partial charge in [-0.3, -0.25) is 9.59 Å². The highest BCUT2D eigenvalue weighted by molar-refractivity contribution is 5.99. The second-order valence-electron chi connectivity index (χ2n) is 9.13. The van der Waals surface area contributed by atoms with Crippen molar-refractivity contribution in [2.75, 3.05) is 0 Å². The van der Waals surface area contributed by atoms with Crippen molar-refractivity contribution in [1.82, 2.24) is 0 Å². The highest BCUT2D eigenvalue weighted by atomic mass is 28.2. The van der Waals surface area contributed by atoms with Crippen LogP contribution in [0.3, 0.4) is 0 Å². The summed E-state index contributed by atoms with van der Waals surface area (Å²) >= 11 is 0. The topological polar surface area (TPSA) is 43.4 Å². The summed E-state index contributed by atoms with van der Waals surface area (Å²) in [4.78, 5) is 25.6. The van der Waals surface area contributed by atoms with E-state index in [1.165, 1.54) is 19.3 Å². The maximum absolute atomic E-state index is 12.9. The van der Waals surface area contributed by atoms with Crippen LogP contribution in [0.1, 0.15) is 65.2 Å². The monoisotopic (exact) mass is 334 g/mol. The van der Waals surface area contributed by atoms with Crippen molar-refractivity contribution in [2.45, 2.75) is 71.3 Å². The van der Waals surface area contributed by atoms with Crippen LogP contribution in [0.4, 0.5) is 0 Å². The van der Waals surface area contributed by atoms with Gasteiger partial charge in [-0.2, -0.15) is 0 Å². The number of ketones is 2. The zero-order valence-electron chi connectivity index (χ0n) is 14.8. The van der Waals surface area contributed by atoms with Crippen molar-refractivity contribution in [3.05, 3.63) is 0 Å². The Labute approximate surface area is 142 Å². The lowest BCUT2D eigenvalue weighted by atomic mass is 9.45. The fourth-order valence-electron chi connectivity index (χ4n) is 7.14. The lowest BCUT2D eigenvalue weighted by Gasteiger charge is -2.59. The van der Waals surface area contributed by atoms with E-state index < -0.39 is 0 Å². The summed E-state index contributed by atoms with van der Waals surface area (Å²) in [5, 5.41) is 0. The van der Waals surface area contributed by atoms with E-state index in [0.717, 1.165) is 19.3 Å². The maximum atomic E-state index is 12.9. The number of carbonyl (C=O) groups excluding carboxylic acids is 2. The van der Waals surface area contributed by atoms with Crippen molar-refractivity contribution in [3.8, 4) is 0 Å². The lowest BCUT2D eigenvalue weighted by Crippen LogP contribution is -2.57. The van der Waals surface area contributed by atoms with Crippen molar-refractivity contribution >= 4 is 22.1 Å². The summed E-state index contributed by atoms with van der Waals surface area (Å²) in [7, 11) is 0.682. The molecule has 4 saturated carbocycles. The third kappa shape index (κ3) is 2.03. The SMILES string of the molecule is C[C@]12CCCC[C@@H]1C(=O)C[C@@H]1[C@@H]2CC[C@]2(C)C(=O)CC(O[SiH3])[C@@H]12. The van der Waals surface area contributed by atoms with Gasteiger partial charge in [-0.25, -0.2) is 0 Å². The van der Waals surface area contributed by atoms with Gasteiger partial charge in [0.05, 0.1) is 6.10 Å². The van der Waals surface area contributed by atoms with E-state index in [0.29, 0.717) is 46.7 Å². The summed E-state index contributed by atoms with van der Waals surface area (Å²) in [6, 6.07) is 0. The molecule has 0 aliphatic heterocycles. The normalized spacial score (nSPS) is 52.9. The van der Waals surface area contributed by atoms with Gasteiger partial charge in [0.25, 0.3) is 0 Å². The Bertz CT molecular complexity index is 547. The molecule has 4 aliphatic carbocycles. The lowest BCUT2D eigenvalue weighted by molar-refractivity contribution is -0.158. The molecule has 0 radical (unpaired) electrons. The molecule has 1 unspecified atom stereocenters. The van der Waals surface area contributed by atoms with Crippen LogP contribution in [0.15, 0.2) is 0 Å². The smallest absolute Gasteiger partial charge is 0.146 e. The Hall–Kier alpha value is -0.483. The first-order valence-electron chi connectivity index (χ1n) is 9.50. The van der Waals surface area contributed by atoms with E-state index in [1.54, 1.807) is 0 Å². The molecule has 4 aliphatic rings. The molecule has 0 heterocycles. The average Bonchev–Trinajstić information content (AvgIpc) is 2.78. The number of hydrogen-bond donors (Lipinski definition) is 0. The van der Waals surface area contributed by atoms with E-state index in [9.17, 15) is 9.59 Å². The van der Waals surface area contributed by atoms with Gasteiger partial charge in [-0.1, -0.05) is 26.7 Å². The molecule has 128 valence electrons. The van der Waals surface area contributed by atoms with Crippen molar-refractivity contribution in [2.24, 2.45) is 34.5 Å². The molecule has 23 heavy (non-hydrogen) atoms. The van der Waals surface area contributed by atoms with E-state index in [4.69, 9.17) is 4.43 Å². The summed E-state index contributed by atoms with van der Waals surface area (Å²) in [6.07, 6.45) is 8.31. The fraction of sp³-hybridized carbons (Fsp3) is 0.895. The largest absolute Gasteiger partial charge is 0.424 e. The molecule has 7 atom stereocenters.